The van der Waals surface area contributed by atoms with Gasteiger partial charge in [-0.15, -0.1) is 0 Å². The summed E-state index contributed by atoms with van der Waals surface area (Å²) in [5.41, 5.74) is 0.616. The van der Waals surface area contributed by atoms with Crippen LogP contribution in [0.4, 0.5) is 0 Å². The Morgan fingerprint density at radius 3 is 2.64 bits per heavy atom. The van der Waals surface area contributed by atoms with Crippen LogP contribution in [0.25, 0.3) is 0 Å². The standard InChI is InChI=1S/C11H15BrO2/c1-4-11(3)7-8(6-9(11)12)10(13)14-5-2/h6-7H,4-5H2,1-3H3. The van der Waals surface area contributed by atoms with E-state index < -0.39 is 0 Å². The smallest absolute Gasteiger partial charge is 0.337 e. The second-order valence-electron chi connectivity index (χ2n) is 3.58. The van der Waals surface area contributed by atoms with E-state index in [0.29, 0.717) is 12.2 Å². The average Bonchev–Trinajstić information content (AvgIpc) is 2.45. The molecule has 1 atom stereocenters. The largest absolute Gasteiger partial charge is 0.462 e. The SMILES string of the molecule is CCOC(=O)C1=CC(C)(CC)C(Br)=C1. The first-order valence-electron chi connectivity index (χ1n) is 4.81. The van der Waals surface area contributed by atoms with E-state index in [2.05, 4.69) is 29.8 Å². The third kappa shape index (κ3) is 2.08. The lowest BCUT2D eigenvalue weighted by Gasteiger charge is -2.19. The normalized spacial score (nSPS) is 25.7. The molecule has 0 N–H and O–H groups in total. The Morgan fingerprint density at radius 1 is 1.57 bits per heavy atom. The lowest BCUT2D eigenvalue weighted by atomic mass is 9.89. The van der Waals surface area contributed by atoms with Crippen LogP contribution in [0.3, 0.4) is 0 Å². The first-order chi connectivity index (χ1) is 6.53. The molecule has 3 heteroatoms. The number of carbonyl (C=O) groups is 1. The third-order valence-corrected chi connectivity index (χ3v) is 3.68. The monoisotopic (exact) mass is 258 g/mol. The second kappa shape index (κ2) is 4.30. The van der Waals surface area contributed by atoms with Crippen molar-refractivity contribution in [1.29, 1.82) is 0 Å². The Kier molecular flexibility index (Phi) is 3.53. The molecule has 1 rings (SSSR count). The van der Waals surface area contributed by atoms with Gasteiger partial charge in [-0.05, 0) is 19.4 Å². The van der Waals surface area contributed by atoms with Gasteiger partial charge < -0.3 is 4.74 Å². The van der Waals surface area contributed by atoms with Crippen molar-refractivity contribution in [2.75, 3.05) is 6.61 Å². The maximum Gasteiger partial charge on any atom is 0.337 e. The number of esters is 1. The maximum absolute atomic E-state index is 11.4. The number of hydrogen-bond acceptors (Lipinski definition) is 2. The average molecular weight is 259 g/mol. The summed E-state index contributed by atoms with van der Waals surface area (Å²) in [6, 6.07) is 0. The zero-order chi connectivity index (χ0) is 10.8. The summed E-state index contributed by atoms with van der Waals surface area (Å²) in [5.74, 6) is -0.235. The van der Waals surface area contributed by atoms with Crippen LogP contribution in [-0.2, 0) is 9.53 Å². The molecule has 78 valence electrons. The molecule has 1 aliphatic rings. The predicted molar refractivity (Wildman–Crippen MR) is 60.1 cm³/mol. The molecule has 1 aliphatic carbocycles. The van der Waals surface area contributed by atoms with E-state index in [4.69, 9.17) is 4.74 Å². The van der Waals surface area contributed by atoms with Gasteiger partial charge in [0.25, 0.3) is 0 Å². The fourth-order valence-electron chi connectivity index (χ4n) is 1.36. The predicted octanol–water partition coefficient (Wildman–Crippen LogP) is 3.18. The van der Waals surface area contributed by atoms with Crippen molar-refractivity contribution >= 4 is 21.9 Å². The van der Waals surface area contributed by atoms with Gasteiger partial charge in [0, 0.05) is 9.90 Å². The zero-order valence-electron chi connectivity index (χ0n) is 8.76. The van der Waals surface area contributed by atoms with Crippen LogP contribution in [0.1, 0.15) is 27.2 Å². The lowest BCUT2D eigenvalue weighted by molar-refractivity contribution is -0.138. The van der Waals surface area contributed by atoms with E-state index in [1.165, 1.54) is 0 Å². The highest BCUT2D eigenvalue weighted by molar-refractivity contribution is 9.11. The fourth-order valence-corrected chi connectivity index (χ4v) is 2.00. The van der Waals surface area contributed by atoms with Crippen molar-refractivity contribution in [3.8, 4) is 0 Å². The van der Waals surface area contributed by atoms with Gasteiger partial charge in [-0.2, -0.15) is 0 Å². The minimum absolute atomic E-state index is 0.0396. The van der Waals surface area contributed by atoms with Gasteiger partial charge in [-0.1, -0.05) is 35.9 Å². The molecule has 0 heterocycles. The van der Waals surface area contributed by atoms with Crippen LogP contribution < -0.4 is 0 Å². The highest BCUT2D eigenvalue weighted by Crippen LogP contribution is 2.42. The molecule has 0 amide bonds. The molecule has 14 heavy (non-hydrogen) atoms. The van der Waals surface area contributed by atoms with Gasteiger partial charge >= 0.3 is 5.97 Å². The number of ether oxygens (including phenoxy) is 1. The number of halogens is 1. The van der Waals surface area contributed by atoms with E-state index in [1.54, 1.807) is 0 Å². The van der Waals surface area contributed by atoms with Gasteiger partial charge in [0.1, 0.15) is 0 Å². The topological polar surface area (TPSA) is 26.3 Å². The lowest BCUT2D eigenvalue weighted by Crippen LogP contribution is -2.09. The summed E-state index contributed by atoms with van der Waals surface area (Å²) >= 11 is 3.48. The van der Waals surface area contributed by atoms with Crippen molar-refractivity contribution in [3.05, 3.63) is 22.2 Å². The molecular formula is C11H15BrO2. The summed E-state index contributed by atoms with van der Waals surface area (Å²) in [6.07, 6.45) is 4.78. The zero-order valence-corrected chi connectivity index (χ0v) is 10.3. The summed E-state index contributed by atoms with van der Waals surface area (Å²) in [7, 11) is 0. The van der Waals surface area contributed by atoms with E-state index in [0.717, 1.165) is 10.9 Å². The first-order valence-corrected chi connectivity index (χ1v) is 5.60. The summed E-state index contributed by atoms with van der Waals surface area (Å²) in [5, 5.41) is 0. The molecular weight excluding hydrogens is 244 g/mol. The van der Waals surface area contributed by atoms with Crippen LogP contribution in [-0.4, -0.2) is 12.6 Å². The molecule has 0 saturated carbocycles. The van der Waals surface area contributed by atoms with Crippen LogP contribution >= 0.6 is 15.9 Å². The van der Waals surface area contributed by atoms with E-state index in [9.17, 15) is 4.79 Å². The van der Waals surface area contributed by atoms with Gasteiger partial charge in [0.05, 0.1) is 12.2 Å². The minimum Gasteiger partial charge on any atom is -0.462 e. The molecule has 0 aromatic carbocycles. The molecule has 0 spiro atoms. The number of rotatable bonds is 3. The van der Waals surface area contributed by atoms with Gasteiger partial charge in [-0.25, -0.2) is 4.79 Å². The van der Waals surface area contributed by atoms with Crippen molar-refractivity contribution in [2.24, 2.45) is 5.41 Å². The van der Waals surface area contributed by atoms with Crippen molar-refractivity contribution in [2.45, 2.75) is 27.2 Å². The van der Waals surface area contributed by atoms with Gasteiger partial charge in [0.2, 0.25) is 0 Å². The Morgan fingerprint density at radius 2 is 2.21 bits per heavy atom. The van der Waals surface area contributed by atoms with E-state index >= 15 is 0 Å². The molecule has 0 bridgehead atoms. The van der Waals surface area contributed by atoms with Crippen molar-refractivity contribution in [1.82, 2.24) is 0 Å². The molecule has 0 aromatic rings. The van der Waals surface area contributed by atoms with Gasteiger partial charge in [-0.3, -0.25) is 0 Å². The molecule has 1 unspecified atom stereocenters. The first kappa shape index (κ1) is 11.5. The molecule has 0 saturated heterocycles. The van der Waals surface area contributed by atoms with Gasteiger partial charge in [0.15, 0.2) is 0 Å². The quantitative estimate of drug-likeness (QED) is 0.727. The summed E-state index contributed by atoms with van der Waals surface area (Å²) in [6.45, 7) is 6.43. The minimum atomic E-state index is -0.235. The molecule has 0 aromatic heterocycles. The van der Waals surface area contributed by atoms with Crippen molar-refractivity contribution in [3.63, 3.8) is 0 Å². The Bertz CT molecular complexity index is 304. The van der Waals surface area contributed by atoms with Crippen molar-refractivity contribution < 1.29 is 9.53 Å². The Balaban J connectivity index is 2.86. The Hall–Kier alpha value is -0.570. The molecule has 2 nitrogen and oxygen atoms in total. The number of hydrogen-bond donors (Lipinski definition) is 0. The van der Waals surface area contributed by atoms with E-state index in [1.807, 2.05) is 19.1 Å². The number of allylic oxidation sites excluding steroid dienone is 2. The number of carbonyl (C=O) groups excluding carboxylic acids is 1. The van der Waals surface area contributed by atoms with E-state index in [-0.39, 0.29) is 11.4 Å². The molecule has 0 fully saturated rings. The Labute approximate surface area is 93.1 Å². The highest BCUT2D eigenvalue weighted by Gasteiger charge is 2.30. The highest BCUT2D eigenvalue weighted by atomic mass is 79.9. The van der Waals surface area contributed by atoms with Crippen LogP contribution in [0, 0.1) is 5.41 Å². The van der Waals surface area contributed by atoms with Crippen LogP contribution in [0.5, 0.6) is 0 Å². The summed E-state index contributed by atoms with van der Waals surface area (Å²) < 4.78 is 5.99. The fraction of sp³-hybridized carbons (Fsp3) is 0.545. The second-order valence-corrected chi connectivity index (χ2v) is 4.44. The van der Waals surface area contributed by atoms with Crippen LogP contribution in [0.15, 0.2) is 22.2 Å². The molecule has 0 aliphatic heterocycles. The molecule has 0 radical (unpaired) electrons. The summed E-state index contributed by atoms with van der Waals surface area (Å²) in [4.78, 5) is 11.4. The third-order valence-electron chi connectivity index (χ3n) is 2.55. The maximum atomic E-state index is 11.4. The van der Waals surface area contributed by atoms with Crippen LogP contribution in [0.2, 0.25) is 0 Å².